The molecule has 16 heavy (non-hydrogen) atoms. The van der Waals surface area contributed by atoms with Gasteiger partial charge in [-0.2, -0.15) is 0 Å². The van der Waals surface area contributed by atoms with Crippen molar-refractivity contribution in [2.75, 3.05) is 13.7 Å². The summed E-state index contributed by atoms with van der Waals surface area (Å²) in [5, 5.41) is 3.36. The van der Waals surface area contributed by atoms with E-state index in [1.807, 2.05) is 14.0 Å². The summed E-state index contributed by atoms with van der Waals surface area (Å²) in [6, 6.07) is 0.376. The molecule has 0 heterocycles. The largest absolute Gasteiger partial charge is 0.376 e. The zero-order chi connectivity index (χ0) is 12.6. The van der Waals surface area contributed by atoms with Crippen LogP contribution in [0.5, 0.6) is 0 Å². The van der Waals surface area contributed by atoms with Crippen molar-refractivity contribution in [1.29, 1.82) is 0 Å². The first-order valence-electron chi connectivity index (χ1n) is 6.15. The third kappa shape index (κ3) is 5.53. The minimum absolute atomic E-state index is 0.156. The maximum Gasteiger partial charge on any atom is 0.0776 e. The molecular weight excluding hydrogens is 198 g/mol. The Kier molecular flexibility index (Phi) is 7.45. The maximum atomic E-state index is 5.88. The summed E-state index contributed by atoms with van der Waals surface area (Å²) >= 11 is 0. The van der Waals surface area contributed by atoms with E-state index in [1.54, 1.807) is 0 Å². The van der Waals surface area contributed by atoms with E-state index < -0.39 is 0 Å². The van der Waals surface area contributed by atoms with Crippen molar-refractivity contribution < 1.29 is 4.74 Å². The van der Waals surface area contributed by atoms with Gasteiger partial charge in [0.05, 0.1) is 6.10 Å². The Morgan fingerprint density at radius 1 is 1.31 bits per heavy atom. The number of ether oxygens (including phenoxy) is 1. The van der Waals surface area contributed by atoms with Crippen molar-refractivity contribution in [3.05, 3.63) is 0 Å². The predicted molar refractivity (Wildman–Crippen MR) is 70.4 cm³/mol. The topological polar surface area (TPSA) is 21.3 Å². The van der Waals surface area contributed by atoms with E-state index in [0.29, 0.717) is 6.04 Å². The van der Waals surface area contributed by atoms with E-state index in [2.05, 4.69) is 44.9 Å². The first-order chi connectivity index (χ1) is 7.47. The summed E-state index contributed by atoms with van der Waals surface area (Å²) in [5.74, 6) is 6.05. The van der Waals surface area contributed by atoms with Gasteiger partial charge in [-0.15, -0.1) is 11.8 Å². The lowest BCUT2D eigenvalue weighted by molar-refractivity contribution is -0.0355. The molecule has 0 spiro atoms. The van der Waals surface area contributed by atoms with Crippen LogP contribution in [0.15, 0.2) is 0 Å². The van der Waals surface area contributed by atoms with Crippen molar-refractivity contribution >= 4 is 0 Å². The Morgan fingerprint density at radius 3 is 2.31 bits per heavy atom. The van der Waals surface area contributed by atoms with Gasteiger partial charge in [-0.25, -0.2) is 0 Å². The molecular formula is C14H27NO. The van der Waals surface area contributed by atoms with Crippen LogP contribution in [-0.2, 0) is 4.74 Å². The molecule has 0 rings (SSSR count). The minimum Gasteiger partial charge on any atom is -0.376 e. The molecule has 0 bridgehead atoms. The average molecular weight is 225 g/mol. The highest BCUT2D eigenvalue weighted by Gasteiger charge is 2.31. The van der Waals surface area contributed by atoms with Crippen LogP contribution < -0.4 is 5.32 Å². The molecule has 0 saturated heterocycles. The number of likely N-dealkylation sites (N-methyl/N-ethyl adjacent to an activating group) is 1. The van der Waals surface area contributed by atoms with Crippen LogP contribution in [0.1, 0.15) is 47.5 Å². The van der Waals surface area contributed by atoms with E-state index >= 15 is 0 Å². The maximum absolute atomic E-state index is 5.88. The van der Waals surface area contributed by atoms with Crippen molar-refractivity contribution in [2.45, 2.75) is 59.6 Å². The SMILES string of the molecule is CC#CCCC(NC)C(OCC)C(C)(C)C. The highest BCUT2D eigenvalue weighted by atomic mass is 16.5. The molecule has 2 atom stereocenters. The van der Waals surface area contributed by atoms with Gasteiger partial charge in [-0.1, -0.05) is 20.8 Å². The molecule has 0 radical (unpaired) electrons. The summed E-state index contributed by atoms with van der Waals surface area (Å²) in [4.78, 5) is 0. The van der Waals surface area contributed by atoms with Gasteiger partial charge in [0.15, 0.2) is 0 Å². The summed E-state index contributed by atoms with van der Waals surface area (Å²) in [6.07, 6.45) is 2.21. The smallest absolute Gasteiger partial charge is 0.0776 e. The summed E-state index contributed by atoms with van der Waals surface area (Å²) < 4.78 is 5.88. The van der Waals surface area contributed by atoms with E-state index in [-0.39, 0.29) is 11.5 Å². The lowest BCUT2D eigenvalue weighted by Gasteiger charge is -2.36. The van der Waals surface area contributed by atoms with Crippen LogP contribution in [0.4, 0.5) is 0 Å². The third-order valence-electron chi connectivity index (χ3n) is 2.69. The molecule has 2 nitrogen and oxygen atoms in total. The fourth-order valence-corrected chi connectivity index (χ4v) is 1.95. The molecule has 0 aliphatic rings. The van der Waals surface area contributed by atoms with Crippen LogP contribution in [0.3, 0.4) is 0 Å². The average Bonchev–Trinajstić information content (AvgIpc) is 2.20. The second-order valence-corrected chi connectivity index (χ2v) is 5.10. The van der Waals surface area contributed by atoms with Crippen LogP contribution in [0.2, 0.25) is 0 Å². The Bertz CT molecular complexity index is 231. The highest BCUT2D eigenvalue weighted by Crippen LogP contribution is 2.26. The summed E-state index contributed by atoms with van der Waals surface area (Å²) in [6.45, 7) is 11.4. The van der Waals surface area contributed by atoms with Gasteiger partial charge in [0.2, 0.25) is 0 Å². The monoisotopic (exact) mass is 225 g/mol. The molecule has 0 aliphatic carbocycles. The van der Waals surface area contributed by atoms with Crippen LogP contribution in [-0.4, -0.2) is 25.8 Å². The zero-order valence-corrected chi connectivity index (χ0v) is 11.7. The Labute approximate surface area is 101 Å². The highest BCUT2D eigenvalue weighted by molar-refractivity contribution is 4.97. The van der Waals surface area contributed by atoms with Gasteiger partial charge in [-0.3, -0.25) is 0 Å². The second kappa shape index (κ2) is 7.70. The lowest BCUT2D eigenvalue weighted by atomic mass is 9.83. The quantitative estimate of drug-likeness (QED) is 0.702. The van der Waals surface area contributed by atoms with Crippen LogP contribution in [0.25, 0.3) is 0 Å². The van der Waals surface area contributed by atoms with Gasteiger partial charge in [0, 0.05) is 19.1 Å². The Hall–Kier alpha value is -0.520. The van der Waals surface area contributed by atoms with Crippen molar-refractivity contribution in [2.24, 2.45) is 5.41 Å². The molecule has 0 aliphatic heterocycles. The van der Waals surface area contributed by atoms with E-state index in [4.69, 9.17) is 4.74 Å². The van der Waals surface area contributed by atoms with Crippen molar-refractivity contribution in [3.8, 4) is 11.8 Å². The fraction of sp³-hybridized carbons (Fsp3) is 0.857. The van der Waals surface area contributed by atoms with Gasteiger partial charge < -0.3 is 10.1 Å². The molecule has 1 N–H and O–H groups in total. The van der Waals surface area contributed by atoms with Crippen molar-refractivity contribution in [1.82, 2.24) is 5.32 Å². The zero-order valence-electron chi connectivity index (χ0n) is 11.7. The van der Waals surface area contributed by atoms with Gasteiger partial charge in [0.1, 0.15) is 0 Å². The van der Waals surface area contributed by atoms with Crippen LogP contribution >= 0.6 is 0 Å². The minimum atomic E-state index is 0.156. The van der Waals surface area contributed by atoms with E-state index in [1.165, 1.54) is 0 Å². The molecule has 0 aromatic rings. The summed E-state index contributed by atoms with van der Waals surface area (Å²) in [5.41, 5.74) is 0.156. The number of nitrogens with one attached hydrogen (secondary N) is 1. The summed E-state index contributed by atoms with van der Waals surface area (Å²) in [7, 11) is 2.00. The fourth-order valence-electron chi connectivity index (χ4n) is 1.95. The van der Waals surface area contributed by atoms with Gasteiger partial charge in [-0.05, 0) is 32.7 Å². The molecule has 0 aromatic carbocycles. The third-order valence-corrected chi connectivity index (χ3v) is 2.69. The molecule has 0 amide bonds. The molecule has 2 heteroatoms. The van der Waals surface area contributed by atoms with Crippen molar-refractivity contribution in [3.63, 3.8) is 0 Å². The predicted octanol–water partition coefficient (Wildman–Crippen LogP) is 2.83. The molecule has 0 saturated carbocycles. The first-order valence-corrected chi connectivity index (χ1v) is 6.15. The molecule has 0 aromatic heterocycles. The second-order valence-electron chi connectivity index (χ2n) is 5.10. The molecule has 2 unspecified atom stereocenters. The standard InChI is InChI=1S/C14H27NO/c1-7-9-10-11-12(15-6)13(16-8-2)14(3,4)5/h12-13,15H,8,10-11H2,1-6H3. The Balaban J connectivity index is 4.49. The van der Waals surface area contributed by atoms with Gasteiger partial charge in [0.25, 0.3) is 0 Å². The number of hydrogen-bond acceptors (Lipinski definition) is 2. The number of rotatable bonds is 6. The molecule has 94 valence electrons. The Morgan fingerprint density at radius 2 is 1.94 bits per heavy atom. The lowest BCUT2D eigenvalue weighted by Crippen LogP contribution is -2.46. The van der Waals surface area contributed by atoms with E-state index in [9.17, 15) is 0 Å². The van der Waals surface area contributed by atoms with Crippen LogP contribution in [0, 0.1) is 17.3 Å². The number of hydrogen-bond donors (Lipinski definition) is 1. The normalized spacial score (nSPS) is 15.1. The van der Waals surface area contributed by atoms with E-state index in [0.717, 1.165) is 19.4 Å². The molecule has 0 fully saturated rings. The van der Waals surface area contributed by atoms with Gasteiger partial charge >= 0.3 is 0 Å². The first kappa shape index (κ1) is 15.5.